The minimum atomic E-state index is -3.47. The Bertz CT molecular complexity index is 677. The van der Waals surface area contributed by atoms with Crippen molar-refractivity contribution in [1.29, 1.82) is 0 Å². The van der Waals surface area contributed by atoms with Crippen LogP contribution in [0.1, 0.15) is 30.5 Å². The van der Waals surface area contributed by atoms with Gasteiger partial charge in [-0.15, -0.1) is 11.3 Å². The summed E-state index contributed by atoms with van der Waals surface area (Å²) in [4.78, 5) is 0. The van der Waals surface area contributed by atoms with E-state index < -0.39 is 10.0 Å². The quantitative estimate of drug-likeness (QED) is 0.851. The van der Waals surface area contributed by atoms with E-state index in [1.54, 1.807) is 12.1 Å². The van der Waals surface area contributed by atoms with Gasteiger partial charge in [0.1, 0.15) is 4.21 Å². The average Bonchev–Trinajstić information content (AvgIpc) is 2.85. The Balaban J connectivity index is 2.24. The summed E-state index contributed by atoms with van der Waals surface area (Å²) in [6.07, 6.45) is 0.703. The van der Waals surface area contributed by atoms with Crippen molar-refractivity contribution in [1.82, 2.24) is 4.72 Å². The van der Waals surface area contributed by atoms with Crippen LogP contribution in [0.2, 0.25) is 0 Å². The predicted octanol–water partition coefficient (Wildman–Crippen LogP) is 4.25. The van der Waals surface area contributed by atoms with Gasteiger partial charge >= 0.3 is 0 Å². The molecule has 1 aromatic heterocycles. The van der Waals surface area contributed by atoms with E-state index >= 15 is 0 Å². The summed E-state index contributed by atoms with van der Waals surface area (Å²) in [6, 6.07) is 11.1. The maximum Gasteiger partial charge on any atom is 0.250 e. The number of sulfonamides is 1. The van der Waals surface area contributed by atoms with Crippen LogP contribution in [-0.4, -0.2) is 8.42 Å². The van der Waals surface area contributed by atoms with Crippen LogP contribution in [0.15, 0.2) is 44.4 Å². The summed E-state index contributed by atoms with van der Waals surface area (Å²) >= 11 is 4.50. The summed E-state index contributed by atoms with van der Waals surface area (Å²) < 4.78 is 28.6. The fourth-order valence-electron chi connectivity index (χ4n) is 1.87. The van der Waals surface area contributed by atoms with Crippen LogP contribution in [-0.2, 0) is 10.0 Å². The molecule has 2 rings (SSSR count). The maximum atomic E-state index is 12.3. The lowest BCUT2D eigenvalue weighted by molar-refractivity contribution is 0.552. The number of halogens is 1. The molecule has 1 unspecified atom stereocenters. The normalized spacial score (nSPS) is 13.3. The molecule has 108 valence electrons. The van der Waals surface area contributed by atoms with E-state index in [1.807, 2.05) is 38.1 Å². The first kappa shape index (κ1) is 15.7. The first-order valence-corrected chi connectivity index (χ1v) is 9.36. The zero-order valence-electron chi connectivity index (χ0n) is 11.3. The molecule has 1 aromatic carbocycles. The molecule has 0 radical (unpaired) electrons. The topological polar surface area (TPSA) is 46.2 Å². The summed E-state index contributed by atoms with van der Waals surface area (Å²) in [7, 11) is -3.47. The Labute approximate surface area is 132 Å². The molecule has 0 saturated carbocycles. The van der Waals surface area contributed by atoms with Crippen LogP contribution in [0.5, 0.6) is 0 Å². The molecule has 20 heavy (non-hydrogen) atoms. The summed E-state index contributed by atoms with van der Waals surface area (Å²) in [6.45, 7) is 3.98. The third-order valence-electron chi connectivity index (χ3n) is 3.00. The summed E-state index contributed by atoms with van der Waals surface area (Å²) in [5.74, 6) is 0. The molecule has 0 saturated heterocycles. The lowest BCUT2D eigenvalue weighted by Crippen LogP contribution is -2.27. The highest BCUT2D eigenvalue weighted by molar-refractivity contribution is 9.11. The van der Waals surface area contributed by atoms with E-state index in [9.17, 15) is 8.42 Å². The minimum Gasteiger partial charge on any atom is -0.206 e. The highest BCUT2D eigenvalue weighted by Crippen LogP contribution is 2.28. The van der Waals surface area contributed by atoms with Crippen molar-refractivity contribution in [2.24, 2.45) is 0 Å². The zero-order chi connectivity index (χ0) is 14.8. The second kappa shape index (κ2) is 6.39. The SMILES string of the molecule is CCC(NS(=O)(=O)c1ccc(Br)s1)c1ccc(C)cc1. The Hall–Kier alpha value is -0.690. The van der Waals surface area contributed by atoms with Gasteiger partial charge < -0.3 is 0 Å². The Morgan fingerprint density at radius 1 is 1.20 bits per heavy atom. The van der Waals surface area contributed by atoms with Gasteiger partial charge in [-0.1, -0.05) is 36.8 Å². The highest BCUT2D eigenvalue weighted by Gasteiger charge is 2.21. The van der Waals surface area contributed by atoms with E-state index in [-0.39, 0.29) is 6.04 Å². The monoisotopic (exact) mass is 373 g/mol. The van der Waals surface area contributed by atoms with Crippen molar-refractivity contribution in [3.63, 3.8) is 0 Å². The Morgan fingerprint density at radius 3 is 2.35 bits per heavy atom. The van der Waals surface area contributed by atoms with E-state index in [0.29, 0.717) is 10.6 Å². The third kappa shape index (κ3) is 3.69. The zero-order valence-corrected chi connectivity index (χ0v) is 14.5. The Morgan fingerprint density at radius 2 is 1.85 bits per heavy atom. The number of aryl methyl sites for hydroxylation is 1. The van der Waals surface area contributed by atoms with Gasteiger partial charge in [0.15, 0.2) is 0 Å². The smallest absolute Gasteiger partial charge is 0.206 e. The first-order valence-electron chi connectivity index (χ1n) is 6.26. The molecule has 1 heterocycles. The standard InChI is InChI=1S/C14H16BrNO2S2/c1-3-12(11-6-4-10(2)5-7-11)16-20(17,18)14-9-8-13(15)19-14/h4-9,12,16H,3H2,1-2H3. The number of benzene rings is 1. The van der Waals surface area contributed by atoms with E-state index in [2.05, 4.69) is 20.7 Å². The van der Waals surface area contributed by atoms with Crippen LogP contribution >= 0.6 is 27.3 Å². The van der Waals surface area contributed by atoms with Gasteiger partial charge in [-0.3, -0.25) is 0 Å². The molecule has 1 atom stereocenters. The lowest BCUT2D eigenvalue weighted by atomic mass is 10.0. The van der Waals surface area contributed by atoms with Gasteiger partial charge in [0.2, 0.25) is 0 Å². The fourth-order valence-corrected chi connectivity index (χ4v) is 5.21. The predicted molar refractivity (Wildman–Crippen MR) is 86.6 cm³/mol. The summed E-state index contributed by atoms with van der Waals surface area (Å²) in [5.41, 5.74) is 2.14. The Kier molecular flexibility index (Phi) is 5.01. The van der Waals surface area contributed by atoms with Crippen molar-refractivity contribution in [3.05, 3.63) is 51.3 Å². The number of nitrogens with one attached hydrogen (secondary N) is 1. The second-order valence-corrected chi connectivity index (χ2v) is 8.96. The molecule has 1 N–H and O–H groups in total. The minimum absolute atomic E-state index is 0.207. The van der Waals surface area contributed by atoms with Crippen molar-refractivity contribution < 1.29 is 8.42 Å². The van der Waals surface area contributed by atoms with E-state index in [0.717, 1.165) is 14.9 Å². The first-order chi connectivity index (χ1) is 9.42. The number of rotatable bonds is 5. The third-order valence-corrected chi connectivity index (χ3v) is 6.59. The molecule has 2 aromatic rings. The van der Waals surface area contributed by atoms with Crippen LogP contribution < -0.4 is 4.72 Å². The van der Waals surface area contributed by atoms with Gasteiger partial charge in [0.25, 0.3) is 10.0 Å². The second-order valence-electron chi connectivity index (χ2n) is 4.55. The van der Waals surface area contributed by atoms with Crippen molar-refractivity contribution >= 4 is 37.3 Å². The summed E-state index contributed by atoms with van der Waals surface area (Å²) in [5, 5.41) is 0. The molecule has 6 heteroatoms. The molecule has 0 spiro atoms. The van der Waals surface area contributed by atoms with Crippen LogP contribution in [0, 0.1) is 6.92 Å². The van der Waals surface area contributed by atoms with Gasteiger partial charge in [-0.05, 0) is 47.0 Å². The molecule has 0 bridgehead atoms. The lowest BCUT2D eigenvalue weighted by Gasteiger charge is -2.17. The largest absolute Gasteiger partial charge is 0.250 e. The number of hydrogen-bond donors (Lipinski definition) is 1. The van der Waals surface area contributed by atoms with Gasteiger partial charge in [0.05, 0.1) is 3.79 Å². The fraction of sp³-hybridized carbons (Fsp3) is 0.286. The molecular formula is C14H16BrNO2S2. The molecular weight excluding hydrogens is 358 g/mol. The van der Waals surface area contributed by atoms with Crippen LogP contribution in [0.4, 0.5) is 0 Å². The van der Waals surface area contributed by atoms with Crippen molar-refractivity contribution in [2.75, 3.05) is 0 Å². The molecule has 0 aliphatic heterocycles. The highest BCUT2D eigenvalue weighted by atomic mass is 79.9. The van der Waals surface area contributed by atoms with Crippen LogP contribution in [0.25, 0.3) is 0 Å². The van der Waals surface area contributed by atoms with Crippen molar-refractivity contribution in [3.8, 4) is 0 Å². The van der Waals surface area contributed by atoms with Crippen LogP contribution in [0.3, 0.4) is 0 Å². The van der Waals surface area contributed by atoms with Gasteiger partial charge in [-0.2, -0.15) is 0 Å². The molecule has 0 amide bonds. The number of hydrogen-bond acceptors (Lipinski definition) is 3. The van der Waals surface area contributed by atoms with E-state index in [1.165, 1.54) is 11.3 Å². The number of thiophene rings is 1. The van der Waals surface area contributed by atoms with E-state index in [4.69, 9.17) is 0 Å². The molecule has 0 aliphatic carbocycles. The van der Waals surface area contributed by atoms with Crippen molar-refractivity contribution in [2.45, 2.75) is 30.5 Å². The maximum absolute atomic E-state index is 12.3. The van der Waals surface area contributed by atoms with Gasteiger partial charge in [0, 0.05) is 6.04 Å². The molecule has 0 fully saturated rings. The molecule has 0 aliphatic rings. The van der Waals surface area contributed by atoms with Gasteiger partial charge in [-0.25, -0.2) is 13.1 Å². The molecule has 3 nitrogen and oxygen atoms in total. The average molecular weight is 374 g/mol.